The number of rotatable bonds is 4. The van der Waals surface area contributed by atoms with Crippen molar-refractivity contribution in [2.75, 3.05) is 13.6 Å². The lowest BCUT2D eigenvalue weighted by molar-refractivity contribution is 0.0640. The first-order valence-corrected chi connectivity index (χ1v) is 7.24. The molecule has 0 unspecified atom stereocenters. The molecule has 102 valence electrons. The van der Waals surface area contributed by atoms with E-state index in [-0.39, 0.29) is 6.54 Å². The summed E-state index contributed by atoms with van der Waals surface area (Å²) >= 11 is 0. The Kier molecular flexibility index (Phi) is 4.20. The van der Waals surface area contributed by atoms with Gasteiger partial charge in [-0.1, -0.05) is 12.1 Å². The fraction of sp³-hybridized carbons (Fsp3) is 0.538. The molecule has 0 aromatic heterocycles. The highest BCUT2D eigenvalue weighted by Gasteiger charge is 2.27. The van der Waals surface area contributed by atoms with E-state index in [4.69, 9.17) is 0 Å². The van der Waals surface area contributed by atoms with Crippen molar-refractivity contribution in [3.63, 3.8) is 0 Å². The van der Waals surface area contributed by atoms with E-state index in [0.29, 0.717) is 10.5 Å². The number of nitrogens with zero attached hydrogens (tertiary/aromatic N) is 1. The summed E-state index contributed by atoms with van der Waals surface area (Å²) in [6.45, 7) is 6.85. The number of aliphatic hydroxyl groups is 1. The van der Waals surface area contributed by atoms with Gasteiger partial charge < -0.3 is 5.11 Å². The molecule has 0 saturated heterocycles. The Bertz CT molecular complexity index is 530. The fourth-order valence-corrected chi connectivity index (χ4v) is 3.41. The standard InChI is InChI=1S/C13H21NO3S/c1-10-6-7-11(2)12(8-10)18(16,17)14(5)9-13(3,4)15/h6-8,15H,9H2,1-5H3. The van der Waals surface area contributed by atoms with Gasteiger partial charge in [-0.05, 0) is 44.9 Å². The van der Waals surface area contributed by atoms with Crippen LogP contribution in [0.5, 0.6) is 0 Å². The molecule has 0 fully saturated rings. The largest absolute Gasteiger partial charge is 0.389 e. The zero-order valence-corrected chi connectivity index (χ0v) is 12.4. The monoisotopic (exact) mass is 271 g/mol. The molecule has 0 saturated carbocycles. The maximum atomic E-state index is 12.4. The molecule has 0 aliphatic rings. The lowest BCUT2D eigenvalue weighted by Gasteiger charge is -2.25. The van der Waals surface area contributed by atoms with Gasteiger partial charge in [-0.3, -0.25) is 0 Å². The van der Waals surface area contributed by atoms with E-state index in [2.05, 4.69) is 0 Å². The second kappa shape index (κ2) is 4.99. The van der Waals surface area contributed by atoms with E-state index in [1.807, 2.05) is 13.0 Å². The van der Waals surface area contributed by atoms with E-state index in [9.17, 15) is 13.5 Å². The van der Waals surface area contributed by atoms with E-state index >= 15 is 0 Å². The van der Waals surface area contributed by atoms with Gasteiger partial charge in [-0.15, -0.1) is 0 Å². The zero-order valence-electron chi connectivity index (χ0n) is 11.6. The van der Waals surface area contributed by atoms with Gasteiger partial charge in [-0.2, -0.15) is 4.31 Å². The molecule has 1 aromatic carbocycles. The third-order valence-corrected chi connectivity index (χ3v) is 4.59. The molecule has 0 radical (unpaired) electrons. The molecule has 1 aromatic rings. The molecule has 4 nitrogen and oxygen atoms in total. The minimum absolute atomic E-state index is 0.0582. The fourth-order valence-electron chi connectivity index (χ4n) is 1.78. The van der Waals surface area contributed by atoms with Crippen LogP contribution in [0.15, 0.2) is 23.1 Å². The van der Waals surface area contributed by atoms with Gasteiger partial charge in [0.15, 0.2) is 0 Å². The molecule has 0 heterocycles. The van der Waals surface area contributed by atoms with Gasteiger partial charge in [0.1, 0.15) is 0 Å². The third kappa shape index (κ3) is 3.54. The topological polar surface area (TPSA) is 57.6 Å². The van der Waals surface area contributed by atoms with E-state index in [1.54, 1.807) is 32.9 Å². The third-order valence-electron chi connectivity index (χ3n) is 2.64. The number of sulfonamides is 1. The van der Waals surface area contributed by atoms with Gasteiger partial charge in [0.2, 0.25) is 10.0 Å². The summed E-state index contributed by atoms with van der Waals surface area (Å²) in [5, 5.41) is 9.72. The van der Waals surface area contributed by atoms with Crippen LogP contribution in [-0.4, -0.2) is 37.0 Å². The SMILES string of the molecule is Cc1ccc(C)c(S(=O)(=O)N(C)CC(C)(C)O)c1. The Balaban J connectivity index is 3.17. The molecule has 0 atom stereocenters. The molecular formula is C13H21NO3S. The molecule has 1 N–H and O–H groups in total. The van der Waals surface area contributed by atoms with Crippen molar-refractivity contribution < 1.29 is 13.5 Å². The van der Waals surface area contributed by atoms with Crippen LogP contribution in [0.1, 0.15) is 25.0 Å². The van der Waals surface area contributed by atoms with Crippen molar-refractivity contribution in [1.29, 1.82) is 0 Å². The summed E-state index contributed by atoms with van der Waals surface area (Å²) in [6, 6.07) is 5.33. The normalized spacial score (nSPS) is 13.1. The van der Waals surface area contributed by atoms with Crippen LogP contribution in [0.2, 0.25) is 0 Å². The first kappa shape index (κ1) is 15.1. The van der Waals surface area contributed by atoms with Crippen LogP contribution in [0.25, 0.3) is 0 Å². The van der Waals surface area contributed by atoms with E-state index < -0.39 is 15.6 Å². The first-order chi connectivity index (χ1) is 8.04. The van der Waals surface area contributed by atoms with E-state index in [0.717, 1.165) is 5.56 Å². The summed E-state index contributed by atoms with van der Waals surface area (Å²) in [7, 11) is -2.07. The smallest absolute Gasteiger partial charge is 0.243 e. The van der Waals surface area contributed by atoms with Crippen molar-refractivity contribution in [3.05, 3.63) is 29.3 Å². The van der Waals surface area contributed by atoms with Gasteiger partial charge in [0.05, 0.1) is 10.5 Å². The summed E-state index contributed by atoms with van der Waals surface area (Å²) in [5.74, 6) is 0. The van der Waals surface area contributed by atoms with Gasteiger partial charge in [0.25, 0.3) is 0 Å². The molecule has 0 amide bonds. The Hall–Kier alpha value is -0.910. The summed E-state index contributed by atoms with van der Waals surface area (Å²) in [6.07, 6.45) is 0. The Labute approximate surface area is 109 Å². The molecule has 0 aliphatic carbocycles. The van der Waals surface area contributed by atoms with Crippen LogP contribution in [0.4, 0.5) is 0 Å². The van der Waals surface area contributed by atoms with Crippen LogP contribution in [0, 0.1) is 13.8 Å². The lowest BCUT2D eigenvalue weighted by atomic mass is 10.1. The van der Waals surface area contributed by atoms with Gasteiger partial charge >= 0.3 is 0 Å². The Morgan fingerprint density at radius 3 is 2.33 bits per heavy atom. The predicted octanol–water partition coefficient (Wildman–Crippen LogP) is 1.69. The van der Waals surface area contributed by atoms with Crippen molar-refractivity contribution in [3.8, 4) is 0 Å². The van der Waals surface area contributed by atoms with Crippen molar-refractivity contribution >= 4 is 10.0 Å². The molecular weight excluding hydrogens is 250 g/mol. The van der Waals surface area contributed by atoms with Gasteiger partial charge in [-0.25, -0.2) is 8.42 Å². The molecule has 0 bridgehead atoms. The van der Waals surface area contributed by atoms with Crippen LogP contribution in [0.3, 0.4) is 0 Å². The van der Waals surface area contributed by atoms with Crippen molar-refractivity contribution in [2.45, 2.75) is 38.2 Å². The second-order valence-corrected chi connectivity index (χ2v) is 7.36. The maximum absolute atomic E-state index is 12.4. The molecule has 1 rings (SSSR count). The lowest BCUT2D eigenvalue weighted by Crippen LogP contribution is -2.39. The number of likely N-dealkylation sites (N-methyl/N-ethyl adjacent to an activating group) is 1. The molecule has 0 spiro atoms. The van der Waals surface area contributed by atoms with Crippen molar-refractivity contribution in [1.82, 2.24) is 4.31 Å². The molecule has 18 heavy (non-hydrogen) atoms. The number of hydrogen-bond acceptors (Lipinski definition) is 3. The van der Waals surface area contributed by atoms with E-state index in [1.165, 1.54) is 11.4 Å². The zero-order chi connectivity index (χ0) is 14.1. The number of benzene rings is 1. The second-order valence-electron chi connectivity index (χ2n) is 5.34. The highest BCUT2D eigenvalue weighted by atomic mass is 32.2. The van der Waals surface area contributed by atoms with Gasteiger partial charge in [0, 0.05) is 13.6 Å². The molecule has 5 heteroatoms. The highest BCUT2D eigenvalue weighted by molar-refractivity contribution is 7.89. The Morgan fingerprint density at radius 1 is 1.28 bits per heavy atom. The predicted molar refractivity (Wildman–Crippen MR) is 72.0 cm³/mol. The van der Waals surface area contributed by atoms with Crippen LogP contribution in [-0.2, 0) is 10.0 Å². The van der Waals surface area contributed by atoms with Crippen LogP contribution < -0.4 is 0 Å². The first-order valence-electron chi connectivity index (χ1n) is 5.80. The minimum atomic E-state index is -3.55. The quantitative estimate of drug-likeness (QED) is 0.906. The average Bonchev–Trinajstić information content (AvgIpc) is 2.19. The molecule has 0 aliphatic heterocycles. The summed E-state index contributed by atoms with van der Waals surface area (Å²) < 4.78 is 26.0. The van der Waals surface area contributed by atoms with Crippen molar-refractivity contribution in [2.24, 2.45) is 0 Å². The Morgan fingerprint density at radius 2 is 1.83 bits per heavy atom. The highest BCUT2D eigenvalue weighted by Crippen LogP contribution is 2.21. The minimum Gasteiger partial charge on any atom is -0.389 e. The summed E-state index contributed by atoms with van der Waals surface area (Å²) in [5.41, 5.74) is 0.554. The maximum Gasteiger partial charge on any atom is 0.243 e. The average molecular weight is 271 g/mol. The van der Waals surface area contributed by atoms with Crippen LogP contribution >= 0.6 is 0 Å². The number of hydrogen-bond donors (Lipinski definition) is 1. The summed E-state index contributed by atoms with van der Waals surface area (Å²) in [4.78, 5) is 0.300. The number of aryl methyl sites for hydroxylation is 2.